The summed E-state index contributed by atoms with van der Waals surface area (Å²) in [7, 11) is 1.52. The molecule has 10 heteroatoms. The van der Waals surface area contributed by atoms with Gasteiger partial charge in [-0.15, -0.1) is 0 Å². The second-order valence-electron chi connectivity index (χ2n) is 6.29. The third-order valence-electron chi connectivity index (χ3n) is 4.26. The van der Waals surface area contributed by atoms with Crippen molar-refractivity contribution in [1.82, 2.24) is 14.7 Å². The van der Waals surface area contributed by atoms with Crippen molar-refractivity contribution in [1.29, 1.82) is 0 Å². The number of nitrogens with one attached hydrogen (secondary N) is 2. The number of aromatic nitrogens is 2. The number of fused-ring (bicyclic) bond motifs is 1. The molecule has 31 heavy (non-hydrogen) atoms. The summed E-state index contributed by atoms with van der Waals surface area (Å²) in [6.45, 7) is 1.57. The van der Waals surface area contributed by atoms with E-state index in [0.29, 0.717) is 11.3 Å². The third-order valence-corrected chi connectivity index (χ3v) is 4.26. The molecule has 0 saturated carbocycles. The summed E-state index contributed by atoms with van der Waals surface area (Å²) in [5.41, 5.74) is 0.139. The maximum atomic E-state index is 12.8. The second kappa shape index (κ2) is 9.53. The molecule has 0 atom stereocenters. The Labute approximate surface area is 176 Å². The van der Waals surface area contributed by atoms with Crippen LogP contribution in [0.25, 0.3) is 5.65 Å². The number of rotatable bonds is 7. The topological polar surface area (TPSA) is 128 Å². The molecular weight excluding hydrogens is 404 g/mol. The van der Waals surface area contributed by atoms with Crippen LogP contribution in [0.15, 0.2) is 53.6 Å². The zero-order valence-corrected chi connectivity index (χ0v) is 16.9. The van der Waals surface area contributed by atoms with Gasteiger partial charge in [0.15, 0.2) is 0 Å². The molecule has 0 aliphatic carbocycles. The highest BCUT2D eigenvalue weighted by Gasteiger charge is 2.14. The van der Waals surface area contributed by atoms with E-state index in [-0.39, 0.29) is 30.0 Å². The smallest absolute Gasteiger partial charge is 0.325 e. The average molecular weight is 424 g/mol. The Morgan fingerprint density at radius 2 is 1.74 bits per heavy atom. The van der Waals surface area contributed by atoms with E-state index in [1.165, 1.54) is 31.6 Å². The van der Waals surface area contributed by atoms with Gasteiger partial charge in [0.1, 0.15) is 23.6 Å². The SMILES string of the molecule is CCOC(=O)CNC(=O)c1ccc2ncc(NC(=O)c3ccc(OC)cc3)c(=O)n2c1. The van der Waals surface area contributed by atoms with E-state index < -0.39 is 23.3 Å². The number of amides is 2. The monoisotopic (exact) mass is 424 g/mol. The van der Waals surface area contributed by atoms with Crippen molar-refractivity contribution >= 4 is 29.1 Å². The summed E-state index contributed by atoms with van der Waals surface area (Å²) in [5, 5.41) is 4.94. The number of hydrogen-bond donors (Lipinski definition) is 2. The van der Waals surface area contributed by atoms with Crippen LogP contribution in [-0.2, 0) is 9.53 Å². The molecule has 0 spiro atoms. The number of carbonyl (C=O) groups excluding carboxylic acids is 3. The van der Waals surface area contributed by atoms with Crippen LogP contribution in [0.5, 0.6) is 5.75 Å². The van der Waals surface area contributed by atoms with E-state index in [4.69, 9.17) is 9.47 Å². The Hall–Kier alpha value is -4.21. The van der Waals surface area contributed by atoms with E-state index in [9.17, 15) is 19.2 Å². The maximum Gasteiger partial charge on any atom is 0.325 e. The van der Waals surface area contributed by atoms with E-state index in [1.807, 2.05) is 0 Å². The fourth-order valence-corrected chi connectivity index (χ4v) is 2.70. The van der Waals surface area contributed by atoms with E-state index >= 15 is 0 Å². The van der Waals surface area contributed by atoms with Gasteiger partial charge in [-0.3, -0.25) is 23.6 Å². The number of nitrogens with zero attached hydrogens (tertiary/aromatic N) is 2. The molecule has 0 aliphatic rings. The van der Waals surface area contributed by atoms with Crippen LogP contribution in [-0.4, -0.2) is 47.4 Å². The highest BCUT2D eigenvalue weighted by molar-refractivity contribution is 6.04. The molecule has 10 nitrogen and oxygen atoms in total. The van der Waals surface area contributed by atoms with Gasteiger partial charge in [-0.05, 0) is 43.3 Å². The maximum absolute atomic E-state index is 12.8. The average Bonchev–Trinajstić information content (AvgIpc) is 2.79. The molecule has 3 aromatic rings. The molecule has 0 radical (unpaired) electrons. The number of carbonyl (C=O) groups is 3. The normalized spacial score (nSPS) is 10.4. The van der Waals surface area contributed by atoms with Crippen LogP contribution >= 0.6 is 0 Å². The summed E-state index contributed by atoms with van der Waals surface area (Å²) in [5.74, 6) is -1.03. The molecule has 0 bridgehead atoms. The third kappa shape index (κ3) is 5.04. The fraction of sp³-hybridized carbons (Fsp3) is 0.190. The number of methoxy groups -OCH3 is 1. The molecule has 1 aromatic carbocycles. The zero-order valence-electron chi connectivity index (χ0n) is 16.9. The lowest BCUT2D eigenvalue weighted by atomic mass is 10.2. The molecule has 0 saturated heterocycles. The molecule has 2 aromatic heterocycles. The van der Waals surface area contributed by atoms with Gasteiger partial charge in [-0.2, -0.15) is 0 Å². The van der Waals surface area contributed by atoms with Gasteiger partial charge < -0.3 is 20.1 Å². The van der Waals surface area contributed by atoms with Crippen molar-refractivity contribution in [2.24, 2.45) is 0 Å². The minimum atomic E-state index is -0.570. The Morgan fingerprint density at radius 3 is 2.42 bits per heavy atom. The number of benzene rings is 1. The molecule has 2 N–H and O–H groups in total. The lowest BCUT2D eigenvalue weighted by Crippen LogP contribution is -2.31. The second-order valence-corrected chi connectivity index (χ2v) is 6.29. The highest BCUT2D eigenvalue weighted by atomic mass is 16.5. The van der Waals surface area contributed by atoms with E-state index in [0.717, 1.165) is 4.40 Å². The van der Waals surface area contributed by atoms with Crippen LogP contribution in [0, 0.1) is 0 Å². The summed E-state index contributed by atoms with van der Waals surface area (Å²) in [4.78, 5) is 53.1. The van der Waals surface area contributed by atoms with E-state index in [1.54, 1.807) is 31.2 Å². The number of anilines is 1. The van der Waals surface area contributed by atoms with Gasteiger partial charge in [-0.25, -0.2) is 4.98 Å². The van der Waals surface area contributed by atoms with Gasteiger partial charge >= 0.3 is 5.97 Å². The Morgan fingerprint density at radius 1 is 1.03 bits per heavy atom. The first-order valence-corrected chi connectivity index (χ1v) is 9.33. The van der Waals surface area contributed by atoms with Crippen LogP contribution in [0.4, 0.5) is 5.69 Å². The lowest BCUT2D eigenvalue weighted by molar-refractivity contribution is -0.141. The van der Waals surface area contributed by atoms with E-state index in [2.05, 4.69) is 15.6 Å². The zero-order chi connectivity index (χ0) is 22.4. The fourth-order valence-electron chi connectivity index (χ4n) is 2.70. The van der Waals surface area contributed by atoms with Crippen molar-refractivity contribution in [2.45, 2.75) is 6.92 Å². The number of pyridine rings is 1. The molecule has 0 fully saturated rings. The molecule has 3 rings (SSSR count). The predicted octanol–water partition coefficient (Wildman–Crippen LogP) is 1.25. The Kier molecular flexibility index (Phi) is 6.61. The first-order valence-electron chi connectivity index (χ1n) is 9.33. The summed E-state index contributed by atoms with van der Waals surface area (Å²) in [6, 6.07) is 9.33. The summed E-state index contributed by atoms with van der Waals surface area (Å²) >= 11 is 0. The molecule has 0 aliphatic heterocycles. The minimum absolute atomic E-state index is 0.0533. The molecule has 160 valence electrons. The Balaban J connectivity index is 1.81. The number of ether oxygens (including phenoxy) is 2. The number of esters is 1. The van der Waals surface area contributed by atoms with Crippen LogP contribution in [0.2, 0.25) is 0 Å². The van der Waals surface area contributed by atoms with Crippen molar-refractivity contribution < 1.29 is 23.9 Å². The summed E-state index contributed by atoms with van der Waals surface area (Å²) < 4.78 is 10.9. The quantitative estimate of drug-likeness (QED) is 0.546. The Bertz CT molecular complexity index is 1190. The largest absolute Gasteiger partial charge is 0.497 e. The van der Waals surface area contributed by atoms with Gasteiger partial charge in [0, 0.05) is 11.8 Å². The molecule has 2 amide bonds. The lowest BCUT2D eigenvalue weighted by Gasteiger charge is -2.09. The molecule has 0 unspecified atom stereocenters. The van der Waals surface area contributed by atoms with Crippen molar-refractivity contribution in [3.63, 3.8) is 0 Å². The summed E-state index contributed by atoms with van der Waals surface area (Å²) in [6.07, 6.45) is 2.54. The van der Waals surface area contributed by atoms with Crippen molar-refractivity contribution in [3.8, 4) is 5.75 Å². The van der Waals surface area contributed by atoms with Crippen LogP contribution in [0.1, 0.15) is 27.6 Å². The first kappa shape index (κ1) is 21.5. The minimum Gasteiger partial charge on any atom is -0.497 e. The van der Waals surface area contributed by atoms with Gasteiger partial charge in [0.25, 0.3) is 17.4 Å². The van der Waals surface area contributed by atoms with Gasteiger partial charge in [0.05, 0.1) is 25.5 Å². The number of hydrogen-bond acceptors (Lipinski definition) is 7. The molecular formula is C21H20N4O6. The van der Waals surface area contributed by atoms with Crippen LogP contribution < -0.4 is 20.9 Å². The predicted molar refractivity (Wildman–Crippen MR) is 111 cm³/mol. The van der Waals surface area contributed by atoms with Gasteiger partial charge in [0.2, 0.25) is 0 Å². The van der Waals surface area contributed by atoms with Crippen molar-refractivity contribution in [3.05, 3.63) is 70.3 Å². The molecule has 2 heterocycles. The van der Waals surface area contributed by atoms with Crippen molar-refractivity contribution in [2.75, 3.05) is 25.6 Å². The first-order chi connectivity index (χ1) is 14.9. The van der Waals surface area contributed by atoms with Gasteiger partial charge in [-0.1, -0.05) is 0 Å². The van der Waals surface area contributed by atoms with Crippen LogP contribution in [0.3, 0.4) is 0 Å². The standard InChI is InChI=1S/C21H20N4O6/c1-3-31-18(26)11-23-19(27)14-6-9-17-22-10-16(21(29)25(17)12-14)24-20(28)13-4-7-15(30-2)8-5-13/h4-10,12H,3,11H2,1-2H3,(H,23,27)(H,24,28). The highest BCUT2D eigenvalue weighted by Crippen LogP contribution is 2.13.